The van der Waals surface area contributed by atoms with Crippen molar-refractivity contribution >= 4 is 0 Å². The first kappa shape index (κ1) is 14.6. The van der Waals surface area contributed by atoms with E-state index < -0.39 is 17.7 Å². The summed E-state index contributed by atoms with van der Waals surface area (Å²) in [6, 6.07) is 7.31. The van der Waals surface area contributed by atoms with Crippen molar-refractivity contribution in [1.82, 2.24) is 10.3 Å². The molecular weight excluding hydrogens is 262 g/mol. The molecule has 0 aliphatic heterocycles. The van der Waals surface area contributed by atoms with Crippen molar-refractivity contribution in [2.24, 2.45) is 0 Å². The second-order valence-corrected chi connectivity index (χ2v) is 4.61. The van der Waals surface area contributed by atoms with Gasteiger partial charge >= 0.3 is 0 Å². The Morgan fingerprint density at radius 2 is 1.90 bits per heavy atom. The molecule has 1 aromatic carbocycles. The minimum absolute atomic E-state index is 0.0490. The summed E-state index contributed by atoms with van der Waals surface area (Å²) in [6.07, 6.45) is 0.505. The van der Waals surface area contributed by atoms with Gasteiger partial charge in [0.15, 0.2) is 0 Å². The van der Waals surface area contributed by atoms with Gasteiger partial charge in [-0.25, -0.2) is 8.78 Å². The molecule has 2 aromatic rings. The Balaban J connectivity index is 1.92. The van der Waals surface area contributed by atoms with Crippen molar-refractivity contribution in [3.8, 4) is 0 Å². The van der Waals surface area contributed by atoms with E-state index in [1.165, 1.54) is 6.07 Å². The number of nitrogens with one attached hydrogen (secondary N) is 1. The van der Waals surface area contributed by atoms with Crippen LogP contribution < -0.4 is 5.32 Å². The number of aromatic nitrogens is 1. The van der Waals surface area contributed by atoms with Crippen LogP contribution in [0, 0.1) is 18.6 Å². The molecule has 20 heavy (non-hydrogen) atoms. The highest BCUT2D eigenvalue weighted by atomic mass is 19.1. The van der Waals surface area contributed by atoms with Gasteiger partial charge in [0.25, 0.3) is 0 Å². The topological polar surface area (TPSA) is 45.1 Å². The van der Waals surface area contributed by atoms with Crippen LogP contribution in [0.15, 0.2) is 36.5 Å². The number of hydrogen-bond acceptors (Lipinski definition) is 3. The summed E-state index contributed by atoms with van der Waals surface area (Å²) in [7, 11) is 0. The highest BCUT2D eigenvalue weighted by Gasteiger charge is 2.17. The van der Waals surface area contributed by atoms with Crippen molar-refractivity contribution in [1.29, 1.82) is 0 Å². The SMILES string of the molecule is Cc1ccc(CNCC(O)c2c(F)cccc2F)nc1. The van der Waals surface area contributed by atoms with E-state index in [9.17, 15) is 13.9 Å². The molecule has 0 radical (unpaired) electrons. The fourth-order valence-corrected chi connectivity index (χ4v) is 1.87. The molecule has 2 rings (SSSR count). The number of aliphatic hydroxyl groups excluding tert-OH is 1. The maximum Gasteiger partial charge on any atom is 0.131 e. The number of hydrogen-bond donors (Lipinski definition) is 2. The Hall–Kier alpha value is -1.85. The lowest BCUT2D eigenvalue weighted by molar-refractivity contribution is 0.164. The zero-order valence-corrected chi connectivity index (χ0v) is 11.1. The van der Waals surface area contributed by atoms with Gasteiger partial charge in [-0.3, -0.25) is 4.98 Å². The van der Waals surface area contributed by atoms with Crippen LogP contribution in [-0.2, 0) is 6.54 Å². The second-order valence-electron chi connectivity index (χ2n) is 4.61. The zero-order chi connectivity index (χ0) is 14.5. The van der Waals surface area contributed by atoms with E-state index in [0.29, 0.717) is 6.54 Å². The molecule has 0 saturated heterocycles. The third-order valence-corrected chi connectivity index (χ3v) is 2.95. The van der Waals surface area contributed by atoms with E-state index in [-0.39, 0.29) is 12.1 Å². The predicted molar refractivity (Wildman–Crippen MR) is 72.0 cm³/mol. The lowest BCUT2D eigenvalue weighted by Gasteiger charge is -2.13. The lowest BCUT2D eigenvalue weighted by Crippen LogP contribution is -2.23. The van der Waals surface area contributed by atoms with Crippen molar-refractivity contribution in [2.45, 2.75) is 19.6 Å². The van der Waals surface area contributed by atoms with Crippen LogP contribution in [0.5, 0.6) is 0 Å². The number of rotatable bonds is 5. The molecule has 3 nitrogen and oxygen atoms in total. The van der Waals surface area contributed by atoms with Crippen LogP contribution >= 0.6 is 0 Å². The van der Waals surface area contributed by atoms with Gasteiger partial charge in [-0.2, -0.15) is 0 Å². The normalized spacial score (nSPS) is 12.4. The fraction of sp³-hybridized carbons (Fsp3) is 0.267. The van der Waals surface area contributed by atoms with Crippen molar-refractivity contribution in [3.05, 3.63) is 65.0 Å². The molecule has 0 aliphatic rings. The van der Waals surface area contributed by atoms with Crippen LogP contribution in [0.1, 0.15) is 22.9 Å². The monoisotopic (exact) mass is 278 g/mol. The zero-order valence-electron chi connectivity index (χ0n) is 11.1. The van der Waals surface area contributed by atoms with Crippen LogP contribution in [0.2, 0.25) is 0 Å². The first-order valence-electron chi connectivity index (χ1n) is 6.32. The highest BCUT2D eigenvalue weighted by molar-refractivity contribution is 5.22. The van der Waals surface area contributed by atoms with E-state index in [2.05, 4.69) is 10.3 Å². The number of aryl methyl sites for hydroxylation is 1. The summed E-state index contributed by atoms with van der Waals surface area (Å²) >= 11 is 0. The second kappa shape index (κ2) is 6.54. The molecule has 1 unspecified atom stereocenters. The first-order valence-corrected chi connectivity index (χ1v) is 6.32. The quantitative estimate of drug-likeness (QED) is 0.883. The summed E-state index contributed by atoms with van der Waals surface area (Å²) in [4.78, 5) is 4.19. The summed E-state index contributed by atoms with van der Waals surface area (Å²) < 4.78 is 26.9. The van der Waals surface area contributed by atoms with Crippen LogP contribution in [-0.4, -0.2) is 16.6 Å². The molecule has 0 amide bonds. The molecule has 0 bridgehead atoms. The largest absolute Gasteiger partial charge is 0.387 e. The molecule has 1 heterocycles. The Morgan fingerprint density at radius 1 is 1.20 bits per heavy atom. The lowest BCUT2D eigenvalue weighted by atomic mass is 10.1. The number of nitrogens with zero attached hydrogens (tertiary/aromatic N) is 1. The maximum atomic E-state index is 13.5. The number of benzene rings is 1. The van der Waals surface area contributed by atoms with Gasteiger partial charge in [-0.1, -0.05) is 12.1 Å². The fourth-order valence-electron chi connectivity index (χ4n) is 1.87. The molecule has 5 heteroatoms. The van der Waals surface area contributed by atoms with Crippen LogP contribution in [0.4, 0.5) is 8.78 Å². The van der Waals surface area contributed by atoms with Crippen molar-refractivity contribution in [3.63, 3.8) is 0 Å². The molecule has 1 aromatic heterocycles. The van der Waals surface area contributed by atoms with E-state index in [1.807, 2.05) is 19.1 Å². The molecule has 1 atom stereocenters. The highest BCUT2D eigenvalue weighted by Crippen LogP contribution is 2.19. The average molecular weight is 278 g/mol. The van der Waals surface area contributed by atoms with Crippen LogP contribution in [0.25, 0.3) is 0 Å². The van der Waals surface area contributed by atoms with Crippen molar-refractivity contribution in [2.75, 3.05) is 6.54 Å². The van der Waals surface area contributed by atoms with Gasteiger partial charge in [0, 0.05) is 19.3 Å². The molecular formula is C15H16F2N2O. The minimum atomic E-state index is -1.23. The summed E-state index contributed by atoms with van der Waals surface area (Å²) in [5, 5.41) is 12.8. The van der Waals surface area contributed by atoms with Gasteiger partial charge in [0.2, 0.25) is 0 Å². The molecule has 0 fully saturated rings. The third kappa shape index (κ3) is 3.59. The smallest absolute Gasteiger partial charge is 0.131 e. The van der Waals surface area contributed by atoms with Gasteiger partial charge in [-0.05, 0) is 30.7 Å². The maximum absolute atomic E-state index is 13.5. The molecule has 0 saturated carbocycles. The third-order valence-electron chi connectivity index (χ3n) is 2.95. The Kier molecular flexibility index (Phi) is 4.76. The number of aliphatic hydroxyl groups is 1. The summed E-state index contributed by atoms with van der Waals surface area (Å²) in [5.74, 6) is -1.49. The molecule has 106 valence electrons. The Morgan fingerprint density at radius 3 is 2.50 bits per heavy atom. The Labute approximate surface area is 116 Å². The van der Waals surface area contributed by atoms with Gasteiger partial charge in [0.05, 0.1) is 17.4 Å². The van der Waals surface area contributed by atoms with Crippen LogP contribution in [0.3, 0.4) is 0 Å². The van der Waals surface area contributed by atoms with Crippen molar-refractivity contribution < 1.29 is 13.9 Å². The average Bonchev–Trinajstić information content (AvgIpc) is 2.41. The van der Waals surface area contributed by atoms with Gasteiger partial charge in [0.1, 0.15) is 11.6 Å². The minimum Gasteiger partial charge on any atom is -0.387 e. The van der Waals surface area contributed by atoms with E-state index in [4.69, 9.17) is 0 Å². The van der Waals surface area contributed by atoms with Gasteiger partial charge in [-0.15, -0.1) is 0 Å². The van der Waals surface area contributed by atoms with Gasteiger partial charge < -0.3 is 10.4 Å². The van der Waals surface area contributed by atoms with E-state index >= 15 is 0 Å². The Bertz CT molecular complexity index is 552. The number of halogens is 2. The number of pyridine rings is 1. The molecule has 2 N–H and O–H groups in total. The molecule has 0 aliphatic carbocycles. The van der Waals surface area contributed by atoms with E-state index in [1.54, 1.807) is 6.20 Å². The summed E-state index contributed by atoms with van der Waals surface area (Å²) in [6.45, 7) is 2.41. The standard InChI is InChI=1S/C15H16F2N2O/c1-10-5-6-11(19-7-10)8-18-9-14(20)15-12(16)3-2-4-13(15)17/h2-7,14,18,20H,8-9H2,1H3. The summed E-state index contributed by atoms with van der Waals surface area (Å²) in [5.41, 5.74) is 1.55. The molecule has 0 spiro atoms. The first-order chi connectivity index (χ1) is 9.58. The van der Waals surface area contributed by atoms with E-state index in [0.717, 1.165) is 23.4 Å². The predicted octanol–water partition coefficient (Wildman–Crippen LogP) is 2.49.